The fourth-order valence-corrected chi connectivity index (χ4v) is 3.80. The second-order valence-electron chi connectivity index (χ2n) is 6.36. The molecule has 0 radical (unpaired) electrons. The molecule has 0 saturated heterocycles. The van der Waals surface area contributed by atoms with Gasteiger partial charge in [-0.2, -0.15) is 0 Å². The number of sulfonamides is 1. The van der Waals surface area contributed by atoms with Crippen molar-refractivity contribution in [1.82, 2.24) is 4.72 Å². The first-order valence-electron chi connectivity index (χ1n) is 9.73. The Balaban J connectivity index is 1.67. The van der Waals surface area contributed by atoms with E-state index in [-0.39, 0.29) is 11.4 Å². The molecular weight excluding hydrogens is 402 g/mol. The molecule has 0 aliphatic rings. The van der Waals surface area contributed by atoms with Gasteiger partial charge in [0.05, 0.1) is 18.1 Å². The number of hydrogen-bond donors (Lipinski definition) is 1. The topological polar surface area (TPSA) is 73.9 Å². The van der Waals surface area contributed by atoms with Crippen LogP contribution in [0.3, 0.4) is 0 Å². The molecule has 0 fully saturated rings. The third-order valence-electron chi connectivity index (χ3n) is 4.19. The number of hydrogen-bond acceptors (Lipinski definition) is 5. The van der Waals surface area contributed by atoms with Crippen molar-refractivity contribution in [2.24, 2.45) is 0 Å². The number of nitrogens with one attached hydrogen (secondary N) is 1. The standard InChI is InChI=1S/C23H25NO5S/c1-3-27-22-15-10-18(16-23(22)28-4-2)17-24-30(25,26)21-13-11-20(12-14-21)29-19-8-6-5-7-9-19/h5-16,24H,3-4,17H2,1-2H3. The van der Waals surface area contributed by atoms with Crippen molar-refractivity contribution in [3.8, 4) is 23.0 Å². The zero-order valence-corrected chi connectivity index (χ0v) is 17.8. The van der Waals surface area contributed by atoms with Crippen LogP contribution in [0.15, 0.2) is 77.7 Å². The van der Waals surface area contributed by atoms with Crippen LogP contribution in [0, 0.1) is 0 Å². The zero-order valence-electron chi connectivity index (χ0n) is 17.0. The highest BCUT2D eigenvalue weighted by Crippen LogP contribution is 2.29. The van der Waals surface area contributed by atoms with Crippen LogP contribution < -0.4 is 18.9 Å². The Kier molecular flexibility index (Phi) is 7.32. The molecule has 7 heteroatoms. The first-order chi connectivity index (χ1) is 14.5. The van der Waals surface area contributed by atoms with Crippen LogP contribution in [0.25, 0.3) is 0 Å². The van der Waals surface area contributed by atoms with Gasteiger partial charge in [0.15, 0.2) is 11.5 Å². The monoisotopic (exact) mass is 427 g/mol. The summed E-state index contributed by atoms with van der Waals surface area (Å²) in [6, 6.07) is 21.0. The van der Waals surface area contributed by atoms with Gasteiger partial charge in [0, 0.05) is 6.54 Å². The molecule has 1 N–H and O–H groups in total. The Morgan fingerprint density at radius 1 is 0.767 bits per heavy atom. The summed E-state index contributed by atoms with van der Waals surface area (Å²) in [6.45, 7) is 4.93. The molecule has 0 heterocycles. The Bertz CT molecular complexity index is 1050. The molecule has 3 aromatic rings. The largest absolute Gasteiger partial charge is 0.490 e. The Morgan fingerprint density at radius 3 is 2.07 bits per heavy atom. The van der Waals surface area contributed by atoms with Gasteiger partial charge in [0.2, 0.25) is 10.0 Å². The molecule has 0 aliphatic heterocycles. The third-order valence-corrected chi connectivity index (χ3v) is 5.60. The van der Waals surface area contributed by atoms with Crippen LogP contribution in [0.1, 0.15) is 19.4 Å². The molecular formula is C23H25NO5S. The van der Waals surface area contributed by atoms with Crippen LogP contribution in [-0.4, -0.2) is 21.6 Å². The minimum absolute atomic E-state index is 0.136. The molecule has 3 aromatic carbocycles. The maximum absolute atomic E-state index is 12.6. The summed E-state index contributed by atoms with van der Waals surface area (Å²) in [7, 11) is -3.67. The van der Waals surface area contributed by atoms with Crippen molar-refractivity contribution in [1.29, 1.82) is 0 Å². The van der Waals surface area contributed by atoms with Crippen LogP contribution in [0.5, 0.6) is 23.0 Å². The molecule has 0 aliphatic carbocycles. The van der Waals surface area contributed by atoms with Gasteiger partial charge in [0.1, 0.15) is 11.5 Å². The summed E-state index contributed by atoms with van der Waals surface area (Å²) in [5.74, 6) is 2.48. The minimum Gasteiger partial charge on any atom is -0.490 e. The highest BCUT2D eigenvalue weighted by Gasteiger charge is 2.15. The van der Waals surface area contributed by atoms with E-state index in [1.54, 1.807) is 24.3 Å². The molecule has 0 amide bonds. The van der Waals surface area contributed by atoms with Gasteiger partial charge in [-0.3, -0.25) is 0 Å². The van der Waals surface area contributed by atoms with Gasteiger partial charge < -0.3 is 14.2 Å². The van der Waals surface area contributed by atoms with E-state index in [2.05, 4.69) is 4.72 Å². The van der Waals surface area contributed by atoms with Crippen LogP contribution in [-0.2, 0) is 16.6 Å². The molecule has 0 atom stereocenters. The van der Waals surface area contributed by atoms with E-state index in [0.29, 0.717) is 36.2 Å². The fourth-order valence-electron chi connectivity index (χ4n) is 2.78. The van der Waals surface area contributed by atoms with E-state index in [0.717, 1.165) is 5.56 Å². The maximum Gasteiger partial charge on any atom is 0.240 e. The van der Waals surface area contributed by atoms with E-state index in [1.165, 1.54) is 12.1 Å². The predicted molar refractivity (Wildman–Crippen MR) is 116 cm³/mol. The normalized spacial score (nSPS) is 11.1. The maximum atomic E-state index is 12.6. The Hall–Kier alpha value is -3.03. The molecule has 3 rings (SSSR count). The van der Waals surface area contributed by atoms with Gasteiger partial charge in [-0.1, -0.05) is 24.3 Å². The van der Waals surface area contributed by atoms with E-state index in [4.69, 9.17) is 14.2 Å². The highest BCUT2D eigenvalue weighted by atomic mass is 32.2. The summed E-state index contributed by atoms with van der Waals surface area (Å²) >= 11 is 0. The van der Waals surface area contributed by atoms with E-state index in [9.17, 15) is 8.42 Å². The van der Waals surface area contributed by atoms with Gasteiger partial charge in [-0.25, -0.2) is 13.1 Å². The SMILES string of the molecule is CCOc1ccc(CNS(=O)(=O)c2ccc(Oc3ccccc3)cc2)cc1OCC. The summed E-state index contributed by atoms with van der Waals surface area (Å²) in [4.78, 5) is 0.166. The van der Waals surface area contributed by atoms with Crippen LogP contribution in [0.2, 0.25) is 0 Å². The lowest BCUT2D eigenvalue weighted by Gasteiger charge is -2.13. The molecule has 6 nitrogen and oxygen atoms in total. The van der Waals surface area contributed by atoms with Crippen LogP contribution in [0.4, 0.5) is 0 Å². The summed E-state index contributed by atoms with van der Waals surface area (Å²) in [6.07, 6.45) is 0. The Labute approximate surface area is 177 Å². The summed E-state index contributed by atoms with van der Waals surface area (Å²) in [5.41, 5.74) is 0.773. The molecule has 0 unspecified atom stereocenters. The van der Waals surface area contributed by atoms with Crippen molar-refractivity contribution >= 4 is 10.0 Å². The van der Waals surface area contributed by atoms with Crippen LogP contribution >= 0.6 is 0 Å². The van der Waals surface area contributed by atoms with Crippen molar-refractivity contribution in [3.63, 3.8) is 0 Å². The zero-order chi connectivity index (χ0) is 21.4. The smallest absolute Gasteiger partial charge is 0.240 e. The second kappa shape index (κ2) is 10.1. The lowest BCUT2D eigenvalue weighted by molar-refractivity contribution is 0.287. The fraction of sp³-hybridized carbons (Fsp3) is 0.217. The van der Waals surface area contributed by atoms with E-state index in [1.807, 2.05) is 50.2 Å². The third kappa shape index (κ3) is 5.75. The lowest BCUT2D eigenvalue weighted by Crippen LogP contribution is -2.23. The second-order valence-corrected chi connectivity index (χ2v) is 8.13. The van der Waals surface area contributed by atoms with Gasteiger partial charge in [0.25, 0.3) is 0 Å². The molecule has 0 aromatic heterocycles. The van der Waals surface area contributed by atoms with Gasteiger partial charge in [-0.15, -0.1) is 0 Å². The number of rotatable bonds is 10. The highest BCUT2D eigenvalue weighted by molar-refractivity contribution is 7.89. The number of benzene rings is 3. The average Bonchev–Trinajstić information content (AvgIpc) is 2.75. The number of ether oxygens (including phenoxy) is 3. The molecule has 0 saturated carbocycles. The van der Waals surface area contributed by atoms with Crippen molar-refractivity contribution in [2.45, 2.75) is 25.3 Å². The first kappa shape index (κ1) is 21.7. The minimum atomic E-state index is -3.67. The predicted octanol–water partition coefficient (Wildman–Crippen LogP) is 4.75. The average molecular weight is 428 g/mol. The van der Waals surface area contributed by atoms with Crippen molar-refractivity contribution in [2.75, 3.05) is 13.2 Å². The van der Waals surface area contributed by atoms with E-state index < -0.39 is 10.0 Å². The van der Waals surface area contributed by atoms with Gasteiger partial charge in [-0.05, 0) is 67.9 Å². The molecule has 30 heavy (non-hydrogen) atoms. The van der Waals surface area contributed by atoms with Crippen molar-refractivity contribution < 1.29 is 22.6 Å². The number of para-hydroxylation sites is 1. The van der Waals surface area contributed by atoms with E-state index >= 15 is 0 Å². The molecule has 0 spiro atoms. The first-order valence-corrected chi connectivity index (χ1v) is 11.2. The quantitative estimate of drug-likeness (QED) is 0.505. The van der Waals surface area contributed by atoms with Gasteiger partial charge >= 0.3 is 0 Å². The summed E-state index contributed by atoms with van der Waals surface area (Å²) < 4.78 is 44.7. The van der Waals surface area contributed by atoms with Crippen molar-refractivity contribution in [3.05, 3.63) is 78.4 Å². The summed E-state index contributed by atoms with van der Waals surface area (Å²) in [5, 5.41) is 0. The lowest BCUT2D eigenvalue weighted by atomic mass is 10.2. The molecule has 0 bridgehead atoms. The molecule has 158 valence electrons. The Morgan fingerprint density at radius 2 is 1.40 bits per heavy atom.